The Balaban J connectivity index is 2.17. The Bertz CT molecular complexity index is 747. The monoisotopic (exact) mass is 352 g/mol. The van der Waals surface area contributed by atoms with Crippen LogP contribution in [0.2, 0.25) is 0 Å². The molecule has 0 bridgehead atoms. The molecular formula is C24H32O2. The Hall–Kier alpha value is -1.96. The molecule has 2 N–H and O–H groups in total. The van der Waals surface area contributed by atoms with Gasteiger partial charge in [0.25, 0.3) is 0 Å². The van der Waals surface area contributed by atoms with Crippen LogP contribution in [-0.4, -0.2) is 10.2 Å². The van der Waals surface area contributed by atoms with Gasteiger partial charge in [0.1, 0.15) is 11.5 Å². The Morgan fingerprint density at radius 2 is 1.38 bits per heavy atom. The average molecular weight is 353 g/mol. The highest BCUT2D eigenvalue weighted by molar-refractivity contribution is 5.48. The Morgan fingerprint density at radius 3 is 1.81 bits per heavy atom. The van der Waals surface area contributed by atoms with Gasteiger partial charge < -0.3 is 10.2 Å². The van der Waals surface area contributed by atoms with Crippen molar-refractivity contribution in [2.24, 2.45) is 11.3 Å². The summed E-state index contributed by atoms with van der Waals surface area (Å²) in [5.41, 5.74) is 4.63. The van der Waals surface area contributed by atoms with Crippen LogP contribution in [0.1, 0.15) is 68.7 Å². The van der Waals surface area contributed by atoms with E-state index in [9.17, 15) is 10.2 Å². The molecule has 1 fully saturated rings. The molecule has 1 unspecified atom stereocenters. The first kappa shape index (κ1) is 18.8. The molecule has 1 atom stereocenters. The molecule has 2 heteroatoms. The van der Waals surface area contributed by atoms with Crippen LogP contribution in [0, 0.1) is 25.2 Å². The molecule has 0 aromatic heterocycles. The van der Waals surface area contributed by atoms with Gasteiger partial charge in [-0.1, -0.05) is 51.5 Å². The number of phenols is 2. The fraction of sp³-hybridized carbons (Fsp3) is 0.500. The zero-order valence-electron chi connectivity index (χ0n) is 16.8. The van der Waals surface area contributed by atoms with Crippen molar-refractivity contribution in [2.45, 2.75) is 65.7 Å². The highest BCUT2D eigenvalue weighted by Gasteiger charge is 2.42. The Kier molecular flexibility index (Phi) is 4.81. The first-order chi connectivity index (χ1) is 12.1. The van der Waals surface area contributed by atoms with Crippen molar-refractivity contribution in [3.63, 3.8) is 0 Å². The molecule has 1 saturated carbocycles. The number of rotatable bonds is 2. The number of phenolic OH excluding ortho intramolecular Hbond substituents is 2. The molecule has 2 nitrogen and oxygen atoms in total. The summed E-state index contributed by atoms with van der Waals surface area (Å²) < 4.78 is 0. The molecule has 3 rings (SSSR count). The number of aryl methyl sites for hydroxylation is 2. The van der Waals surface area contributed by atoms with E-state index < -0.39 is 0 Å². The van der Waals surface area contributed by atoms with Crippen LogP contribution in [0.25, 0.3) is 0 Å². The normalized spacial score (nSPS) is 20.1. The lowest BCUT2D eigenvalue weighted by molar-refractivity contribution is 0.137. The van der Waals surface area contributed by atoms with Gasteiger partial charge in [0.15, 0.2) is 0 Å². The second kappa shape index (κ2) is 6.64. The number of benzene rings is 2. The lowest BCUT2D eigenvalue weighted by Crippen LogP contribution is -2.38. The van der Waals surface area contributed by atoms with Gasteiger partial charge in [-0.25, -0.2) is 0 Å². The minimum Gasteiger partial charge on any atom is -0.508 e. The van der Waals surface area contributed by atoms with Crippen LogP contribution in [0.5, 0.6) is 11.5 Å². The fourth-order valence-electron chi connectivity index (χ4n) is 4.61. The molecule has 1 aliphatic rings. The Morgan fingerprint density at radius 1 is 0.885 bits per heavy atom. The van der Waals surface area contributed by atoms with Gasteiger partial charge >= 0.3 is 0 Å². The molecular weight excluding hydrogens is 320 g/mol. The highest BCUT2D eigenvalue weighted by Crippen LogP contribution is 2.52. The summed E-state index contributed by atoms with van der Waals surface area (Å²) in [6, 6.07) is 12.2. The molecule has 0 aliphatic heterocycles. The summed E-state index contributed by atoms with van der Waals surface area (Å²) >= 11 is 0. The van der Waals surface area contributed by atoms with Crippen molar-refractivity contribution in [1.82, 2.24) is 0 Å². The topological polar surface area (TPSA) is 40.5 Å². The van der Waals surface area contributed by atoms with Gasteiger partial charge in [0.05, 0.1) is 0 Å². The number of hydrogen-bond donors (Lipinski definition) is 2. The van der Waals surface area contributed by atoms with Crippen molar-refractivity contribution < 1.29 is 10.2 Å². The molecule has 2 aromatic carbocycles. The van der Waals surface area contributed by atoms with Crippen molar-refractivity contribution in [2.75, 3.05) is 0 Å². The first-order valence-electron chi connectivity index (χ1n) is 9.74. The van der Waals surface area contributed by atoms with Crippen LogP contribution < -0.4 is 0 Å². The van der Waals surface area contributed by atoms with Gasteiger partial charge in [0.2, 0.25) is 0 Å². The molecule has 0 saturated heterocycles. The van der Waals surface area contributed by atoms with E-state index in [0.717, 1.165) is 24.0 Å². The minimum atomic E-state index is -0.0624. The van der Waals surface area contributed by atoms with Crippen LogP contribution in [-0.2, 0) is 5.41 Å². The van der Waals surface area contributed by atoms with Crippen molar-refractivity contribution in [3.05, 3.63) is 58.7 Å². The van der Waals surface area contributed by atoms with Crippen LogP contribution in [0.4, 0.5) is 0 Å². The van der Waals surface area contributed by atoms with Gasteiger partial charge in [0, 0.05) is 5.41 Å². The lowest BCUT2D eigenvalue weighted by Gasteiger charge is -2.46. The molecule has 140 valence electrons. The van der Waals surface area contributed by atoms with Gasteiger partial charge in [-0.05, 0) is 78.8 Å². The van der Waals surface area contributed by atoms with Gasteiger partial charge in [-0.3, -0.25) is 0 Å². The van der Waals surface area contributed by atoms with Crippen molar-refractivity contribution in [1.29, 1.82) is 0 Å². The van der Waals surface area contributed by atoms with Gasteiger partial charge in [-0.2, -0.15) is 0 Å². The van der Waals surface area contributed by atoms with Crippen LogP contribution in [0.15, 0.2) is 36.4 Å². The fourth-order valence-corrected chi connectivity index (χ4v) is 4.61. The van der Waals surface area contributed by atoms with E-state index in [0.29, 0.717) is 17.4 Å². The SMILES string of the molecule is Cc1cc(C2(c3ccc(O)c(C)c3)CCCC(C(C)(C)C)C2)ccc1O. The molecule has 1 aliphatic carbocycles. The molecule has 0 amide bonds. The largest absolute Gasteiger partial charge is 0.508 e. The summed E-state index contributed by atoms with van der Waals surface area (Å²) in [5.74, 6) is 1.35. The molecule has 26 heavy (non-hydrogen) atoms. The summed E-state index contributed by atoms with van der Waals surface area (Å²) in [5, 5.41) is 20.1. The van der Waals surface area contributed by atoms with Crippen molar-refractivity contribution >= 4 is 0 Å². The summed E-state index contributed by atoms with van der Waals surface area (Å²) in [4.78, 5) is 0. The maximum absolute atomic E-state index is 10.0. The second-order valence-corrected chi connectivity index (χ2v) is 9.24. The summed E-state index contributed by atoms with van der Waals surface area (Å²) in [6.07, 6.45) is 4.67. The smallest absolute Gasteiger partial charge is 0.118 e. The van der Waals surface area contributed by atoms with Crippen LogP contribution in [0.3, 0.4) is 0 Å². The van der Waals surface area contributed by atoms with E-state index in [-0.39, 0.29) is 10.8 Å². The zero-order valence-corrected chi connectivity index (χ0v) is 16.8. The molecule has 0 spiro atoms. The van der Waals surface area contributed by atoms with E-state index >= 15 is 0 Å². The van der Waals surface area contributed by atoms with E-state index in [2.05, 4.69) is 45.0 Å². The third-order valence-corrected chi connectivity index (χ3v) is 6.47. The number of hydrogen-bond acceptors (Lipinski definition) is 2. The zero-order chi connectivity index (χ0) is 19.1. The quantitative estimate of drug-likeness (QED) is 0.672. The molecule has 0 radical (unpaired) electrons. The standard InChI is InChI=1S/C24H32O2/c1-16-13-18(8-10-21(16)25)24(19-9-11-22(26)17(2)14-19)12-6-7-20(15-24)23(3,4)5/h8-11,13-14,20,25-26H,6-7,12,15H2,1-5H3. The second-order valence-electron chi connectivity index (χ2n) is 9.24. The average Bonchev–Trinajstić information content (AvgIpc) is 2.59. The van der Waals surface area contributed by atoms with E-state index in [1.54, 1.807) is 0 Å². The maximum Gasteiger partial charge on any atom is 0.118 e. The van der Waals surface area contributed by atoms with E-state index in [4.69, 9.17) is 0 Å². The van der Waals surface area contributed by atoms with Gasteiger partial charge in [-0.15, -0.1) is 0 Å². The maximum atomic E-state index is 10.0. The minimum absolute atomic E-state index is 0.0624. The van der Waals surface area contributed by atoms with E-state index in [1.807, 2.05) is 26.0 Å². The third kappa shape index (κ3) is 3.34. The van der Waals surface area contributed by atoms with E-state index in [1.165, 1.54) is 24.0 Å². The number of aromatic hydroxyl groups is 2. The molecule has 0 heterocycles. The predicted octanol–water partition coefficient (Wildman–Crippen LogP) is 6.24. The van der Waals surface area contributed by atoms with Crippen LogP contribution >= 0.6 is 0 Å². The van der Waals surface area contributed by atoms with Crippen molar-refractivity contribution in [3.8, 4) is 11.5 Å². The summed E-state index contributed by atoms with van der Waals surface area (Å²) in [7, 11) is 0. The third-order valence-electron chi connectivity index (χ3n) is 6.47. The first-order valence-corrected chi connectivity index (χ1v) is 9.74. The highest BCUT2D eigenvalue weighted by atomic mass is 16.3. The summed E-state index contributed by atoms with van der Waals surface area (Å²) in [6.45, 7) is 11.0. The Labute approximate surface area is 157 Å². The lowest BCUT2D eigenvalue weighted by atomic mass is 9.58. The molecule has 2 aromatic rings. The predicted molar refractivity (Wildman–Crippen MR) is 108 cm³/mol.